The summed E-state index contributed by atoms with van der Waals surface area (Å²) in [5.74, 6) is 0. The first-order chi connectivity index (χ1) is 6.86. The Morgan fingerprint density at radius 3 is 2.93 bits per heavy atom. The topological polar surface area (TPSA) is 24.9 Å². The van der Waals surface area contributed by atoms with Crippen LogP contribution in [0.25, 0.3) is 0 Å². The SMILES string of the molecule is Cc1ccccc1NCc1nccs1. The summed E-state index contributed by atoms with van der Waals surface area (Å²) in [6.07, 6.45) is 1.83. The minimum Gasteiger partial charge on any atom is -0.378 e. The van der Waals surface area contributed by atoms with Crippen LogP contribution < -0.4 is 5.32 Å². The number of thiazole rings is 1. The second-order valence-electron chi connectivity index (χ2n) is 3.09. The van der Waals surface area contributed by atoms with Gasteiger partial charge in [0, 0.05) is 17.3 Å². The van der Waals surface area contributed by atoms with Gasteiger partial charge in [0.2, 0.25) is 0 Å². The number of rotatable bonds is 3. The van der Waals surface area contributed by atoms with Crippen molar-refractivity contribution in [2.45, 2.75) is 13.5 Å². The third kappa shape index (κ3) is 2.12. The highest BCUT2D eigenvalue weighted by Crippen LogP contribution is 2.15. The molecule has 2 rings (SSSR count). The third-order valence-electron chi connectivity index (χ3n) is 2.06. The Kier molecular flexibility index (Phi) is 2.79. The van der Waals surface area contributed by atoms with Gasteiger partial charge in [-0.25, -0.2) is 4.98 Å². The van der Waals surface area contributed by atoms with Gasteiger partial charge < -0.3 is 5.32 Å². The first-order valence-corrected chi connectivity index (χ1v) is 5.42. The van der Waals surface area contributed by atoms with Crippen LogP contribution in [0, 0.1) is 6.92 Å². The predicted molar refractivity (Wildman–Crippen MR) is 60.6 cm³/mol. The molecule has 1 heterocycles. The number of anilines is 1. The Labute approximate surface area is 87.6 Å². The molecule has 0 fully saturated rings. The molecule has 0 aliphatic rings. The Balaban J connectivity index is 2.02. The normalized spacial score (nSPS) is 10.1. The lowest BCUT2D eigenvalue weighted by molar-refractivity contribution is 1.10. The van der Waals surface area contributed by atoms with Gasteiger partial charge in [-0.15, -0.1) is 11.3 Å². The van der Waals surface area contributed by atoms with Gasteiger partial charge in [0.05, 0.1) is 6.54 Å². The molecule has 0 amide bonds. The maximum absolute atomic E-state index is 4.22. The van der Waals surface area contributed by atoms with Crippen molar-refractivity contribution < 1.29 is 0 Å². The molecular weight excluding hydrogens is 192 g/mol. The van der Waals surface area contributed by atoms with Crippen molar-refractivity contribution in [3.05, 3.63) is 46.4 Å². The van der Waals surface area contributed by atoms with Gasteiger partial charge >= 0.3 is 0 Å². The van der Waals surface area contributed by atoms with Gasteiger partial charge in [-0.2, -0.15) is 0 Å². The zero-order valence-corrected chi connectivity index (χ0v) is 8.84. The van der Waals surface area contributed by atoms with Crippen molar-refractivity contribution >= 4 is 17.0 Å². The lowest BCUT2D eigenvalue weighted by Gasteiger charge is -2.06. The molecular formula is C11H12N2S. The van der Waals surface area contributed by atoms with Crippen LogP contribution in [0.15, 0.2) is 35.8 Å². The maximum Gasteiger partial charge on any atom is 0.112 e. The molecule has 1 aromatic carbocycles. The summed E-state index contributed by atoms with van der Waals surface area (Å²) in [7, 11) is 0. The Morgan fingerprint density at radius 1 is 1.36 bits per heavy atom. The van der Waals surface area contributed by atoms with E-state index in [-0.39, 0.29) is 0 Å². The van der Waals surface area contributed by atoms with Gasteiger partial charge in [0.25, 0.3) is 0 Å². The first-order valence-electron chi connectivity index (χ1n) is 4.54. The molecule has 0 aliphatic carbocycles. The van der Waals surface area contributed by atoms with E-state index >= 15 is 0 Å². The molecule has 0 atom stereocenters. The monoisotopic (exact) mass is 204 g/mol. The maximum atomic E-state index is 4.22. The largest absolute Gasteiger partial charge is 0.378 e. The molecule has 72 valence electrons. The number of nitrogens with zero attached hydrogens (tertiary/aromatic N) is 1. The third-order valence-corrected chi connectivity index (χ3v) is 2.84. The molecule has 0 bridgehead atoms. The van der Waals surface area contributed by atoms with Gasteiger partial charge in [-0.3, -0.25) is 0 Å². The van der Waals surface area contributed by atoms with Gasteiger partial charge in [-0.1, -0.05) is 18.2 Å². The molecule has 0 saturated heterocycles. The molecule has 14 heavy (non-hydrogen) atoms. The van der Waals surface area contributed by atoms with E-state index in [9.17, 15) is 0 Å². The highest BCUT2D eigenvalue weighted by molar-refractivity contribution is 7.09. The minimum atomic E-state index is 0.808. The number of para-hydroxylation sites is 1. The number of hydrogen-bond donors (Lipinski definition) is 1. The lowest BCUT2D eigenvalue weighted by atomic mass is 10.2. The summed E-state index contributed by atoms with van der Waals surface area (Å²) >= 11 is 1.67. The molecule has 2 aromatic rings. The van der Waals surface area contributed by atoms with Crippen molar-refractivity contribution in [3.8, 4) is 0 Å². The number of benzene rings is 1. The number of hydrogen-bond acceptors (Lipinski definition) is 3. The summed E-state index contributed by atoms with van der Waals surface area (Å²) in [6.45, 7) is 2.91. The number of aromatic nitrogens is 1. The van der Waals surface area contributed by atoms with Crippen molar-refractivity contribution in [2.75, 3.05) is 5.32 Å². The second kappa shape index (κ2) is 4.24. The second-order valence-corrected chi connectivity index (χ2v) is 4.07. The summed E-state index contributed by atoms with van der Waals surface area (Å²) in [4.78, 5) is 4.22. The fourth-order valence-corrected chi connectivity index (χ4v) is 1.84. The van der Waals surface area contributed by atoms with Crippen LogP contribution in [0.1, 0.15) is 10.6 Å². The van der Waals surface area contributed by atoms with E-state index < -0.39 is 0 Å². The highest BCUT2D eigenvalue weighted by Gasteiger charge is 1.97. The standard InChI is InChI=1S/C11H12N2S/c1-9-4-2-3-5-10(9)13-8-11-12-6-7-14-11/h2-7,13H,8H2,1H3. The zero-order chi connectivity index (χ0) is 9.80. The molecule has 0 spiro atoms. The average molecular weight is 204 g/mol. The van der Waals surface area contributed by atoms with Crippen LogP contribution in [-0.2, 0) is 6.54 Å². The van der Waals surface area contributed by atoms with Crippen LogP contribution in [0.5, 0.6) is 0 Å². The number of nitrogens with one attached hydrogen (secondary N) is 1. The van der Waals surface area contributed by atoms with E-state index in [4.69, 9.17) is 0 Å². The van der Waals surface area contributed by atoms with Crippen LogP contribution in [0.3, 0.4) is 0 Å². The molecule has 0 saturated carbocycles. The predicted octanol–water partition coefficient (Wildman–Crippen LogP) is 3.06. The van der Waals surface area contributed by atoms with Crippen LogP contribution >= 0.6 is 11.3 Å². The molecule has 1 N–H and O–H groups in total. The molecule has 2 nitrogen and oxygen atoms in total. The average Bonchev–Trinajstić information content (AvgIpc) is 2.69. The van der Waals surface area contributed by atoms with Crippen molar-refractivity contribution in [1.82, 2.24) is 4.98 Å². The molecule has 0 unspecified atom stereocenters. The Morgan fingerprint density at radius 2 is 2.21 bits per heavy atom. The van der Waals surface area contributed by atoms with Crippen molar-refractivity contribution in [2.24, 2.45) is 0 Å². The summed E-state index contributed by atoms with van der Waals surface area (Å²) in [5, 5.41) is 6.48. The van der Waals surface area contributed by atoms with Crippen LogP contribution in [-0.4, -0.2) is 4.98 Å². The van der Waals surface area contributed by atoms with Gasteiger partial charge in [0.15, 0.2) is 0 Å². The summed E-state index contributed by atoms with van der Waals surface area (Å²) in [5.41, 5.74) is 2.45. The summed E-state index contributed by atoms with van der Waals surface area (Å²) < 4.78 is 0. The molecule has 3 heteroatoms. The fraction of sp³-hybridized carbons (Fsp3) is 0.182. The first kappa shape index (κ1) is 9.21. The van der Waals surface area contributed by atoms with E-state index in [2.05, 4.69) is 29.4 Å². The molecule has 0 radical (unpaired) electrons. The van der Waals surface area contributed by atoms with E-state index in [0.29, 0.717) is 0 Å². The van der Waals surface area contributed by atoms with E-state index in [1.807, 2.05) is 23.7 Å². The lowest BCUT2D eigenvalue weighted by Crippen LogP contribution is -1.99. The van der Waals surface area contributed by atoms with Gasteiger partial charge in [0.1, 0.15) is 5.01 Å². The Hall–Kier alpha value is -1.35. The Bertz CT molecular complexity index is 395. The van der Waals surface area contributed by atoms with E-state index in [0.717, 1.165) is 11.6 Å². The minimum absolute atomic E-state index is 0.808. The molecule has 0 aliphatic heterocycles. The van der Waals surface area contributed by atoms with E-state index in [1.54, 1.807) is 11.3 Å². The highest BCUT2D eigenvalue weighted by atomic mass is 32.1. The fourth-order valence-electron chi connectivity index (χ4n) is 1.28. The van der Waals surface area contributed by atoms with Crippen LogP contribution in [0.2, 0.25) is 0 Å². The number of aryl methyl sites for hydroxylation is 1. The zero-order valence-electron chi connectivity index (χ0n) is 8.03. The van der Waals surface area contributed by atoms with Crippen LogP contribution in [0.4, 0.5) is 5.69 Å². The van der Waals surface area contributed by atoms with Gasteiger partial charge in [-0.05, 0) is 18.6 Å². The quantitative estimate of drug-likeness (QED) is 0.831. The summed E-state index contributed by atoms with van der Waals surface area (Å²) in [6, 6.07) is 8.27. The smallest absolute Gasteiger partial charge is 0.112 e. The molecule has 1 aromatic heterocycles. The van der Waals surface area contributed by atoms with Crippen molar-refractivity contribution in [3.63, 3.8) is 0 Å². The van der Waals surface area contributed by atoms with Crippen molar-refractivity contribution in [1.29, 1.82) is 0 Å². The van der Waals surface area contributed by atoms with E-state index in [1.165, 1.54) is 11.3 Å².